The van der Waals surface area contributed by atoms with Gasteiger partial charge in [0.2, 0.25) is 0 Å². The second-order valence-corrected chi connectivity index (χ2v) is 4.40. The summed E-state index contributed by atoms with van der Waals surface area (Å²) >= 11 is 0. The number of furan rings is 1. The van der Waals surface area contributed by atoms with Crippen LogP contribution < -0.4 is 10.6 Å². The largest absolute Gasteiger partial charge is 0.480 e. The summed E-state index contributed by atoms with van der Waals surface area (Å²) in [4.78, 5) is 29.4. The second-order valence-electron chi connectivity index (χ2n) is 4.40. The number of amides is 2. The Bertz CT molecular complexity index is 565. The van der Waals surface area contributed by atoms with Crippen LogP contribution in [0.4, 0.5) is 4.79 Å². The van der Waals surface area contributed by atoms with Crippen LogP contribution in [0.1, 0.15) is 11.5 Å². The van der Waals surface area contributed by atoms with E-state index in [2.05, 4.69) is 20.6 Å². The summed E-state index contributed by atoms with van der Waals surface area (Å²) in [6.45, 7) is 0.357. The molecule has 112 valence electrons. The zero-order valence-corrected chi connectivity index (χ0v) is 11.2. The molecule has 2 rings (SSSR count). The maximum Gasteiger partial charge on any atom is 0.326 e. The third-order valence-electron chi connectivity index (χ3n) is 2.82. The van der Waals surface area contributed by atoms with Gasteiger partial charge < -0.3 is 25.1 Å². The van der Waals surface area contributed by atoms with Gasteiger partial charge in [-0.05, 0) is 12.1 Å². The summed E-state index contributed by atoms with van der Waals surface area (Å²) in [7, 11) is 0. The first-order chi connectivity index (χ1) is 10.1. The lowest BCUT2D eigenvalue weighted by Gasteiger charge is -2.14. The number of carbonyl (C=O) groups excluding carboxylic acids is 1. The molecule has 8 nitrogen and oxygen atoms in total. The molecule has 0 aliphatic rings. The van der Waals surface area contributed by atoms with Gasteiger partial charge in [-0.15, -0.1) is 0 Å². The van der Waals surface area contributed by atoms with E-state index in [1.807, 2.05) is 0 Å². The van der Waals surface area contributed by atoms with E-state index in [1.165, 1.54) is 12.5 Å². The molecule has 2 heterocycles. The minimum absolute atomic E-state index is 0.140. The number of carboxylic acid groups (broad SMARTS) is 1. The number of H-pyrrole nitrogens is 1. The van der Waals surface area contributed by atoms with Gasteiger partial charge in [0.05, 0.1) is 12.6 Å². The van der Waals surface area contributed by atoms with Crippen LogP contribution in [0.2, 0.25) is 0 Å². The van der Waals surface area contributed by atoms with Crippen molar-refractivity contribution >= 4 is 12.0 Å². The fourth-order valence-corrected chi connectivity index (χ4v) is 1.78. The molecule has 2 aromatic rings. The first kappa shape index (κ1) is 14.6. The minimum atomic E-state index is -1.11. The predicted molar refractivity (Wildman–Crippen MR) is 72.7 cm³/mol. The van der Waals surface area contributed by atoms with Gasteiger partial charge in [0, 0.05) is 31.3 Å². The number of carbonyl (C=O) groups is 2. The van der Waals surface area contributed by atoms with Crippen molar-refractivity contribution in [3.05, 3.63) is 42.4 Å². The lowest BCUT2D eigenvalue weighted by Crippen LogP contribution is -2.47. The molecular formula is C13H16N4O4. The molecule has 0 saturated carbocycles. The van der Waals surface area contributed by atoms with Crippen molar-refractivity contribution in [1.29, 1.82) is 0 Å². The van der Waals surface area contributed by atoms with E-state index in [9.17, 15) is 9.59 Å². The smallest absolute Gasteiger partial charge is 0.326 e. The quantitative estimate of drug-likeness (QED) is 0.593. The number of urea groups is 1. The number of aliphatic carboxylic acids is 1. The molecule has 0 fully saturated rings. The number of nitrogens with zero attached hydrogens (tertiary/aromatic N) is 1. The number of nitrogens with one attached hydrogen (secondary N) is 3. The standard InChI is InChI=1S/C13H16N4O4/c18-12(19)11(6-9-7-14-8-16-9)17-13(20)15-4-3-10-2-1-5-21-10/h1-2,5,7-8,11H,3-4,6H2,(H,14,16)(H,18,19)(H2,15,17,20)/t11-/m1/s1. The number of carboxylic acids is 1. The third-order valence-corrected chi connectivity index (χ3v) is 2.82. The van der Waals surface area contributed by atoms with Gasteiger partial charge in [0.1, 0.15) is 11.8 Å². The Labute approximate surface area is 120 Å². The van der Waals surface area contributed by atoms with Crippen LogP contribution in [0, 0.1) is 0 Å². The van der Waals surface area contributed by atoms with Gasteiger partial charge in [-0.1, -0.05) is 0 Å². The van der Waals surface area contributed by atoms with E-state index >= 15 is 0 Å². The average molecular weight is 292 g/mol. The van der Waals surface area contributed by atoms with Crippen molar-refractivity contribution in [2.45, 2.75) is 18.9 Å². The van der Waals surface area contributed by atoms with Crippen molar-refractivity contribution in [3.63, 3.8) is 0 Å². The highest BCUT2D eigenvalue weighted by molar-refractivity contribution is 5.82. The summed E-state index contributed by atoms with van der Waals surface area (Å²) in [5, 5.41) is 14.1. The Morgan fingerprint density at radius 1 is 1.48 bits per heavy atom. The van der Waals surface area contributed by atoms with Crippen LogP contribution in [0.3, 0.4) is 0 Å². The maximum atomic E-state index is 11.7. The number of rotatable bonds is 7. The van der Waals surface area contributed by atoms with E-state index in [1.54, 1.807) is 18.4 Å². The topological polar surface area (TPSA) is 120 Å². The van der Waals surface area contributed by atoms with Crippen molar-refractivity contribution < 1.29 is 19.1 Å². The summed E-state index contributed by atoms with van der Waals surface area (Å²) in [5.74, 6) is -0.353. The summed E-state index contributed by atoms with van der Waals surface area (Å²) in [6, 6.07) is 2.01. The number of hydrogen-bond acceptors (Lipinski definition) is 4. The molecule has 0 aliphatic heterocycles. The van der Waals surface area contributed by atoms with E-state index in [-0.39, 0.29) is 6.42 Å². The van der Waals surface area contributed by atoms with Gasteiger partial charge in [-0.3, -0.25) is 0 Å². The monoisotopic (exact) mass is 292 g/mol. The van der Waals surface area contributed by atoms with Crippen LogP contribution in [0.15, 0.2) is 35.3 Å². The second kappa shape index (κ2) is 7.13. The van der Waals surface area contributed by atoms with Crippen molar-refractivity contribution in [3.8, 4) is 0 Å². The Morgan fingerprint density at radius 2 is 2.33 bits per heavy atom. The number of hydrogen-bond donors (Lipinski definition) is 4. The van der Waals surface area contributed by atoms with Gasteiger partial charge in [-0.2, -0.15) is 0 Å². The molecule has 2 aromatic heterocycles. The number of aromatic nitrogens is 2. The molecule has 0 aliphatic carbocycles. The normalized spacial score (nSPS) is 11.8. The van der Waals surface area contributed by atoms with Crippen LogP contribution in [-0.2, 0) is 17.6 Å². The minimum Gasteiger partial charge on any atom is -0.480 e. The van der Waals surface area contributed by atoms with Crippen LogP contribution in [0.25, 0.3) is 0 Å². The van der Waals surface area contributed by atoms with Crippen molar-refractivity contribution in [2.24, 2.45) is 0 Å². The Kier molecular flexibility index (Phi) is 4.97. The van der Waals surface area contributed by atoms with E-state index in [0.717, 1.165) is 5.76 Å². The lowest BCUT2D eigenvalue weighted by molar-refractivity contribution is -0.139. The molecular weight excluding hydrogens is 276 g/mol. The Morgan fingerprint density at radius 3 is 2.95 bits per heavy atom. The van der Waals surface area contributed by atoms with Gasteiger partial charge >= 0.3 is 12.0 Å². The Hall–Kier alpha value is -2.77. The molecule has 0 saturated heterocycles. The molecule has 0 radical (unpaired) electrons. The maximum absolute atomic E-state index is 11.7. The molecule has 4 N–H and O–H groups in total. The number of aromatic amines is 1. The average Bonchev–Trinajstić information content (AvgIpc) is 3.10. The van der Waals surface area contributed by atoms with Gasteiger partial charge in [0.15, 0.2) is 0 Å². The zero-order chi connectivity index (χ0) is 15.1. The molecule has 0 spiro atoms. The first-order valence-electron chi connectivity index (χ1n) is 6.42. The van der Waals surface area contributed by atoms with E-state index in [4.69, 9.17) is 9.52 Å². The fraction of sp³-hybridized carbons (Fsp3) is 0.308. The SMILES string of the molecule is O=C(NCCc1ccco1)N[C@H](Cc1cnc[nH]1)C(=O)O. The van der Waals surface area contributed by atoms with E-state index < -0.39 is 18.0 Å². The summed E-state index contributed by atoms with van der Waals surface area (Å²) in [5.41, 5.74) is 0.637. The summed E-state index contributed by atoms with van der Waals surface area (Å²) < 4.78 is 5.13. The lowest BCUT2D eigenvalue weighted by atomic mass is 10.2. The zero-order valence-electron chi connectivity index (χ0n) is 11.2. The van der Waals surface area contributed by atoms with Crippen LogP contribution >= 0.6 is 0 Å². The predicted octanol–water partition coefficient (Wildman–Crippen LogP) is 0.540. The number of imidazole rings is 1. The van der Waals surface area contributed by atoms with Crippen molar-refractivity contribution in [1.82, 2.24) is 20.6 Å². The highest BCUT2D eigenvalue weighted by atomic mass is 16.4. The highest BCUT2D eigenvalue weighted by Crippen LogP contribution is 2.00. The third kappa shape index (κ3) is 4.68. The van der Waals surface area contributed by atoms with E-state index in [0.29, 0.717) is 18.7 Å². The van der Waals surface area contributed by atoms with Gasteiger partial charge in [-0.25, -0.2) is 14.6 Å². The molecule has 1 atom stereocenters. The van der Waals surface area contributed by atoms with Crippen LogP contribution in [-0.4, -0.2) is 39.7 Å². The molecule has 0 aromatic carbocycles. The fourth-order valence-electron chi connectivity index (χ4n) is 1.78. The molecule has 21 heavy (non-hydrogen) atoms. The molecule has 2 amide bonds. The van der Waals surface area contributed by atoms with Crippen LogP contribution in [0.5, 0.6) is 0 Å². The first-order valence-corrected chi connectivity index (χ1v) is 6.42. The van der Waals surface area contributed by atoms with Crippen molar-refractivity contribution in [2.75, 3.05) is 6.54 Å². The Balaban J connectivity index is 1.76. The van der Waals surface area contributed by atoms with Gasteiger partial charge in [0.25, 0.3) is 0 Å². The summed E-state index contributed by atoms with van der Waals surface area (Å²) in [6.07, 6.45) is 5.21. The molecule has 0 unspecified atom stereocenters. The molecule has 0 bridgehead atoms. The molecule has 8 heteroatoms. The highest BCUT2D eigenvalue weighted by Gasteiger charge is 2.20.